The highest BCUT2D eigenvalue weighted by atomic mass is 15.5. The van der Waals surface area contributed by atoms with E-state index in [0.717, 1.165) is 22.5 Å². The summed E-state index contributed by atoms with van der Waals surface area (Å²) < 4.78 is 0. The minimum absolute atomic E-state index is 0.775. The molecule has 2 rings (SSSR count). The van der Waals surface area contributed by atoms with E-state index in [-0.39, 0.29) is 0 Å². The third-order valence-corrected chi connectivity index (χ3v) is 2.48. The molecule has 0 aromatic carbocycles. The minimum atomic E-state index is 0.775. The van der Waals surface area contributed by atoms with Crippen molar-refractivity contribution in [1.29, 1.82) is 0 Å². The van der Waals surface area contributed by atoms with Crippen molar-refractivity contribution in [2.45, 2.75) is 6.92 Å². The molecule has 17 heavy (non-hydrogen) atoms. The number of pyridine rings is 1. The summed E-state index contributed by atoms with van der Waals surface area (Å²) >= 11 is 0. The molecule has 0 atom stereocenters. The number of hydrazone groups is 1. The molecule has 3 heteroatoms. The van der Waals surface area contributed by atoms with E-state index in [1.807, 2.05) is 25.3 Å². The van der Waals surface area contributed by atoms with E-state index in [9.17, 15) is 0 Å². The molecule has 0 N–H and O–H groups in total. The van der Waals surface area contributed by atoms with E-state index < -0.39 is 0 Å². The Bertz CT molecular complexity index is 546. The van der Waals surface area contributed by atoms with E-state index >= 15 is 0 Å². The zero-order chi connectivity index (χ0) is 12.3. The summed E-state index contributed by atoms with van der Waals surface area (Å²) in [5.41, 5.74) is 6.43. The maximum absolute atomic E-state index is 4.46. The predicted octanol–water partition coefficient (Wildman–Crippen LogP) is 3.06. The second-order valence-electron chi connectivity index (χ2n) is 3.67. The Morgan fingerprint density at radius 1 is 1.35 bits per heavy atom. The van der Waals surface area contributed by atoms with Gasteiger partial charge in [0.1, 0.15) is 0 Å². The molecule has 1 aromatic rings. The number of hydrogen-bond acceptors (Lipinski definition) is 3. The Kier molecular flexibility index (Phi) is 3.03. The number of rotatable bonds is 2. The van der Waals surface area contributed by atoms with Crippen LogP contribution in [0, 0.1) is 0 Å². The lowest BCUT2D eigenvalue weighted by molar-refractivity contribution is 1.04. The molecule has 0 aliphatic carbocycles. The van der Waals surface area contributed by atoms with E-state index in [4.69, 9.17) is 0 Å². The summed E-state index contributed by atoms with van der Waals surface area (Å²) in [6.45, 7) is 9.55. The van der Waals surface area contributed by atoms with Crippen LogP contribution in [0.5, 0.6) is 0 Å². The van der Waals surface area contributed by atoms with Crippen LogP contribution in [0.2, 0.25) is 0 Å². The number of aromatic nitrogens is 1. The molecule has 3 nitrogen and oxygen atoms in total. The summed E-state index contributed by atoms with van der Waals surface area (Å²) in [4.78, 5) is 3.99. The Morgan fingerprint density at radius 3 is 2.71 bits per heavy atom. The molecule has 1 aromatic heterocycles. The lowest BCUT2D eigenvalue weighted by Crippen LogP contribution is -2.18. The predicted molar refractivity (Wildman–Crippen MR) is 70.8 cm³/mol. The molecular formula is C14H13N3. The number of nitrogens with zero attached hydrogens (tertiary/aromatic N) is 3. The Morgan fingerprint density at radius 2 is 2.06 bits per heavy atom. The SMILES string of the molecule is C=C=CC1=NN(c2ccncc2)C=C(C)C1=C. The second-order valence-corrected chi connectivity index (χ2v) is 3.67. The smallest absolute Gasteiger partial charge is 0.0986 e. The molecule has 0 saturated carbocycles. The summed E-state index contributed by atoms with van der Waals surface area (Å²) in [5.74, 6) is 0. The van der Waals surface area contributed by atoms with Gasteiger partial charge in [-0.3, -0.25) is 4.98 Å². The van der Waals surface area contributed by atoms with Crippen molar-refractivity contribution >= 4 is 11.4 Å². The largest absolute Gasteiger partial charge is 0.265 e. The van der Waals surface area contributed by atoms with Gasteiger partial charge >= 0.3 is 0 Å². The van der Waals surface area contributed by atoms with Crippen LogP contribution in [-0.4, -0.2) is 10.7 Å². The monoisotopic (exact) mass is 223 g/mol. The third kappa shape index (κ3) is 2.25. The highest BCUT2D eigenvalue weighted by Crippen LogP contribution is 2.23. The molecule has 0 fully saturated rings. The van der Waals surface area contributed by atoms with Gasteiger partial charge in [0.2, 0.25) is 0 Å². The van der Waals surface area contributed by atoms with Gasteiger partial charge in [-0.05, 0) is 30.2 Å². The van der Waals surface area contributed by atoms with Crippen molar-refractivity contribution in [3.63, 3.8) is 0 Å². The molecule has 0 unspecified atom stereocenters. The zero-order valence-electron chi connectivity index (χ0n) is 9.72. The van der Waals surface area contributed by atoms with Crippen molar-refractivity contribution in [3.8, 4) is 0 Å². The van der Waals surface area contributed by atoms with Crippen molar-refractivity contribution in [2.75, 3.05) is 5.01 Å². The Hall–Kier alpha value is -2.38. The van der Waals surface area contributed by atoms with E-state index in [1.165, 1.54) is 0 Å². The Labute approximate surface area is 101 Å². The number of allylic oxidation sites excluding steroid dienone is 3. The molecule has 0 radical (unpaired) electrons. The van der Waals surface area contributed by atoms with E-state index in [2.05, 4.69) is 29.0 Å². The topological polar surface area (TPSA) is 28.5 Å². The van der Waals surface area contributed by atoms with Crippen molar-refractivity contribution in [3.05, 3.63) is 66.8 Å². The third-order valence-electron chi connectivity index (χ3n) is 2.48. The van der Waals surface area contributed by atoms with Crippen LogP contribution >= 0.6 is 0 Å². The fraction of sp³-hybridized carbons (Fsp3) is 0.0714. The summed E-state index contributed by atoms with van der Waals surface area (Å²) in [7, 11) is 0. The molecule has 0 saturated heterocycles. The van der Waals surface area contributed by atoms with Gasteiger partial charge < -0.3 is 0 Å². The maximum Gasteiger partial charge on any atom is 0.0986 e. The quantitative estimate of drug-likeness (QED) is 0.721. The van der Waals surface area contributed by atoms with Gasteiger partial charge in [-0.2, -0.15) is 5.10 Å². The van der Waals surface area contributed by atoms with Crippen LogP contribution in [0.25, 0.3) is 0 Å². The van der Waals surface area contributed by atoms with Gasteiger partial charge in [0.05, 0.1) is 11.4 Å². The van der Waals surface area contributed by atoms with Gasteiger partial charge in [-0.1, -0.05) is 13.2 Å². The van der Waals surface area contributed by atoms with Crippen LogP contribution in [0.4, 0.5) is 5.69 Å². The fourth-order valence-corrected chi connectivity index (χ4v) is 1.51. The molecule has 84 valence electrons. The van der Waals surface area contributed by atoms with Gasteiger partial charge in [0, 0.05) is 24.7 Å². The first-order valence-electron chi connectivity index (χ1n) is 5.24. The van der Waals surface area contributed by atoms with E-state index in [1.54, 1.807) is 23.5 Å². The number of hydrogen-bond donors (Lipinski definition) is 0. The molecule has 0 bridgehead atoms. The van der Waals surface area contributed by atoms with Crippen molar-refractivity contribution in [2.24, 2.45) is 5.10 Å². The summed E-state index contributed by atoms with van der Waals surface area (Å²) in [6.07, 6.45) is 7.14. The van der Waals surface area contributed by atoms with Crippen LogP contribution < -0.4 is 5.01 Å². The molecule has 2 heterocycles. The van der Waals surface area contributed by atoms with Crippen LogP contribution in [0.3, 0.4) is 0 Å². The van der Waals surface area contributed by atoms with Gasteiger partial charge in [0.15, 0.2) is 0 Å². The molecule has 1 aliphatic rings. The highest BCUT2D eigenvalue weighted by molar-refractivity contribution is 6.12. The minimum Gasteiger partial charge on any atom is -0.265 e. The van der Waals surface area contributed by atoms with Gasteiger partial charge in [-0.25, -0.2) is 5.01 Å². The Balaban J connectivity index is 2.43. The van der Waals surface area contributed by atoms with Crippen LogP contribution in [0.1, 0.15) is 6.92 Å². The summed E-state index contributed by atoms with van der Waals surface area (Å²) in [5, 5.41) is 6.26. The molecule has 1 aliphatic heterocycles. The lowest BCUT2D eigenvalue weighted by atomic mass is 10.0. The van der Waals surface area contributed by atoms with Crippen molar-refractivity contribution < 1.29 is 0 Å². The average molecular weight is 223 g/mol. The molecular weight excluding hydrogens is 210 g/mol. The lowest BCUT2D eigenvalue weighted by Gasteiger charge is -2.22. The van der Waals surface area contributed by atoms with E-state index in [0.29, 0.717) is 0 Å². The van der Waals surface area contributed by atoms with Crippen LogP contribution in [-0.2, 0) is 0 Å². The summed E-state index contributed by atoms with van der Waals surface area (Å²) in [6, 6.07) is 3.80. The molecule has 0 amide bonds. The van der Waals surface area contributed by atoms with Crippen LogP contribution in [0.15, 0.2) is 71.9 Å². The van der Waals surface area contributed by atoms with Crippen molar-refractivity contribution in [1.82, 2.24) is 4.98 Å². The highest BCUT2D eigenvalue weighted by Gasteiger charge is 2.14. The van der Waals surface area contributed by atoms with Gasteiger partial charge in [0.25, 0.3) is 0 Å². The van der Waals surface area contributed by atoms with Gasteiger partial charge in [-0.15, -0.1) is 5.73 Å². The maximum atomic E-state index is 4.46. The molecule has 0 spiro atoms. The fourth-order valence-electron chi connectivity index (χ4n) is 1.51. The number of anilines is 1. The first-order valence-corrected chi connectivity index (χ1v) is 5.24. The second kappa shape index (κ2) is 4.64. The standard InChI is InChI=1S/C14H13N3/c1-4-5-14-12(3)11(2)10-17(16-14)13-6-8-15-9-7-13/h5-10H,1,3H2,2H3. The average Bonchev–Trinajstić information content (AvgIpc) is 2.36. The first-order chi connectivity index (χ1) is 8.22. The zero-order valence-corrected chi connectivity index (χ0v) is 9.72. The first kappa shape index (κ1) is 11.1. The normalized spacial score (nSPS) is 14.9.